The Morgan fingerprint density at radius 3 is 2.31 bits per heavy atom. The molecule has 0 atom stereocenters. The summed E-state index contributed by atoms with van der Waals surface area (Å²) in [4.78, 5) is 2.64. The molecular formula is C25H31N3O3S. The Kier molecular flexibility index (Phi) is 6.14. The van der Waals surface area contributed by atoms with Gasteiger partial charge in [-0.15, -0.1) is 0 Å². The lowest BCUT2D eigenvalue weighted by atomic mass is 10.0. The zero-order valence-electron chi connectivity index (χ0n) is 19.4. The maximum atomic E-state index is 13.7. The van der Waals surface area contributed by atoms with Crippen molar-refractivity contribution in [2.45, 2.75) is 45.4 Å². The van der Waals surface area contributed by atoms with Gasteiger partial charge in [0, 0.05) is 43.5 Å². The van der Waals surface area contributed by atoms with Crippen molar-refractivity contribution in [1.82, 2.24) is 9.46 Å². The molecule has 3 aromatic rings. The van der Waals surface area contributed by atoms with Gasteiger partial charge in [-0.1, -0.05) is 43.3 Å². The van der Waals surface area contributed by atoms with Crippen molar-refractivity contribution in [2.24, 2.45) is 0 Å². The number of aryl methyl sites for hydroxylation is 2. The first kappa shape index (κ1) is 22.6. The van der Waals surface area contributed by atoms with Gasteiger partial charge in [-0.25, -0.2) is 8.42 Å². The van der Waals surface area contributed by atoms with E-state index in [0.717, 1.165) is 16.8 Å². The molecule has 7 heteroatoms. The van der Waals surface area contributed by atoms with Crippen LogP contribution in [0.15, 0.2) is 51.9 Å². The predicted molar refractivity (Wildman–Crippen MR) is 128 cm³/mol. The smallest absolute Gasteiger partial charge is 0.243 e. The summed E-state index contributed by atoms with van der Waals surface area (Å²) in [6.07, 6.45) is 0. The fourth-order valence-electron chi connectivity index (χ4n) is 4.27. The van der Waals surface area contributed by atoms with Crippen LogP contribution in [0.25, 0.3) is 11.3 Å². The average Bonchev–Trinajstić information content (AvgIpc) is 3.21. The van der Waals surface area contributed by atoms with Crippen molar-refractivity contribution in [3.8, 4) is 11.3 Å². The van der Waals surface area contributed by atoms with Gasteiger partial charge in [0.2, 0.25) is 10.0 Å². The number of aromatic nitrogens is 1. The average molecular weight is 454 g/mol. The Balaban J connectivity index is 1.63. The molecule has 1 aliphatic rings. The number of anilines is 1. The molecule has 0 saturated carbocycles. The first-order valence-corrected chi connectivity index (χ1v) is 12.5. The number of piperazine rings is 1. The van der Waals surface area contributed by atoms with Gasteiger partial charge in [0.15, 0.2) is 5.76 Å². The molecule has 0 amide bonds. The molecule has 6 nitrogen and oxygen atoms in total. The molecule has 0 spiro atoms. The van der Waals surface area contributed by atoms with E-state index in [1.807, 2.05) is 39.0 Å². The monoisotopic (exact) mass is 453 g/mol. The second kappa shape index (κ2) is 8.71. The minimum absolute atomic E-state index is 0.0847. The zero-order chi connectivity index (χ0) is 23.0. The van der Waals surface area contributed by atoms with E-state index in [0.29, 0.717) is 36.8 Å². The summed E-state index contributed by atoms with van der Waals surface area (Å²) in [5.74, 6) is 0.663. The minimum atomic E-state index is -3.64. The first-order valence-electron chi connectivity index (χ1n) is 11.1. The van der Waals surface area contributed by atoms with Crippen LogP contribution in [-0.2, 0) is 10.0 Å². The molecule has 0 unspecified atom stereocenters. The normalized spacial score (nSPS) is 15.5. The summed E-state index contributed by atoms with van der Waals surface area (Å²) in [7, 11) is -3.64. The fourth-order valence-corrected chi connectivity index (χ4v) is 6.07. The highest BCUT2D eigenvalue weighted by Crippen LogP contribution is 2.33. The Morgan fingerprint density at radius 1 is 0.969 bits per heavy atom. The standard InChI is InChI=1S/C25H31N3O3S/c1-17(2)22-10-9-21(24-15-19(4)26-31-24)16-25(22)32(29,30)28-13-11-27(12-14-28)23-8-6-7-18(3)20(23)5/h6-10,15-17H,11-14H2,1-5H3. The van der Waals surface area contributed by atoms with Crippen LogP contribution >= 0.6 is 0 Å². The molecule has 0 N–H and O–H groups in total. The van der Waals surface area contributed by atoms with Crippen molar-refractivity contribution < 1.29 is 12.9 Å². The highest BCUT2D eigenvalue weighted by atomic mass is 32.2. The lowest BCUT2D eigenvalue weighted by Crippen LogP contribution is -2.49. The fraction of sp³-hybridized carbons (Fsp3) is 0.400. The Morgan fingerprint density at radius 2 is 1.69 bits per heavy atom. The van der Waals surface area contributed by atoms with Crippen molar-refractivity contribution in [1.29, 1.82) is 0 Å². The van der Waals surface area contributed by atoms with Crippen LogP contribution in [-0.4, -0.2) is 44.1 Å². The van der Waals surface area contributed by atoms with E-state index in [2.05, 4.69) is 42.1 Å². The number of hydrogen-bond acceptors (Lipinski definition) is 5. The number of benzene rings is 2. The van der Waals surface area contributed by atoms with E-state index in [-0.39, 0.29) is 5.92 Å². The Labute approximate surface area is 190 Å². The maximum Gasteiger partial charge on any atom is 0.243 e. The topological polar surface area (TPSA) is 66.7 Å². The van der Waals surface area contributed by atoms with Gasteiger partial charge in [0.05, 0.1) is 10.6 Å². The number of hydrogen-bond donors (Lipinski definition) is 0. The molecule has 1 saturated heterocycles. The summed E-state index contributed by atoms with van der Waals surface area (Å²) in [5.41, 5.74) is 6.00. The van der Waals surface area contributed by atoms with Crippen molar-refractivity contribution in [2.75, 3.05) is 31.1 Å². The SMILES string of the molecule is Cc1cc(-c2ccc(C(C)C)c(S(=O)(=O)N3CCN(c4cccc(C)c4C)CC3)c2)on1. The summed E-state index contributed by atoms with van der Waals surface area (Å²) in [6, 6.07) is 13.7. The minimum Gasteiger partial charge on any atom is -0.369 e. The Hall–Kier alpha value is -2.64. The molecule has 1 fully saturated rings. The molecule has 170 valence electrons. The van der Waals surface area contributed by atoms with Gasteiger partial charge in [-0.2, -0.15) is 4.31 Å². The van der Waals surface area contributed by atoms with Crippen LogP contribution in [0.4, 0.5) is 5.69 Å². The van der Waals surface area contributed by atoms with Gasteiger partial charge >= 0.3 is 0 Å². The van der Waals surface area contributed by atoms with Crippen molar-refractivity contribution in [3.63, 3.8) is 0 Å². The molecule has 0 bridgehead atoms. The second-order valence-electron chi connectivity index (χ2n) is 8.85. The number of sulfonamides is 1. The number of rotatable bonds is 5. The van der Waals surface area contributed by atoms with E-state index in [1.54, 1.807) is 10.4 Å². The second-order valence-corrected chi connectivity index (χ2v) is 10.8. The van der Waals surface area contributed by atoms with E-state index in [4.69, 9.17) is 4.52 Å². The van der Waals surface area contributed by atoms with E-state index < -0.39 is 10.0 Å². The van der Waals surface area contributed by atoms with Crippen LogP contribution in [0.2, 0.25) is 0 Å². The highest BCUT2D eigenvalue weighted by Gasteiger charge is 2.31. The third kappa shape index (κ3) is 4.19. The van der Waals surface area contributed by atoms with Crippen LogP contribution in [0.1, 0.15) is 42.1 Å². The molecular weight excluding hydrogens is 422 g/mol. The van der Waals surface area contributed by atoms with Crippen molar-refractivity contribution >= 4 is 15.7 Å². The van der Waals surface area contributed by atoms with E-state index in [9.17, 15) is 8.42 Å². The van der Waals surface area contributed by atoms with Gasteiger partial charge < -0.3 is 9.42 Å². The Bertz CT molecular complexity index is 1220. The molecule has 2 aromatic carbocycles. The summed E-state index contributed by atoms with van der Waals surface area (Å²) in [6.45, 7) is 12.4. The zero-order valence-corrected chi connectivity index (χ0v) is 20.2. The van der Waals surface area contributed by atoms with Crippen LogP contribution in [0, 0.1) is 20.8 Å². The third-order valence-electron chi connectivity index (χ3n) is 6.32. The summed E-state index contributed by atoms with van der Waals surface area (Å²) >= 11 is 0. The maximum absolute atomic E-state index is 13.7. The van der Waals surface area contributed by atoms with E-state index in [1.165, 1.54) is 16.8 Å². The molecule has 0 radical (unpaired) electrons. The van der Waals surface area contributed by atoms with Crippen LogP contribution < -0.4 is 4.90 Å². The molecule has 1 aromatic heterocycles. The summed E-state index contributed by atoms with van der Waals surface area (Å²) in [5, 5.41) is 3.94. The molecule has 1 aliphatic heterocycles. The van der Waals surface area contributed by atoms with Gasteiger partial charge in [0.25, 0.3) is 0 Å². The number of nitrogens with zero attached hydrogens (tertiary/aromatic N) is 3. The predicted octanol–water partition coefficient (Wildman–Crippen LogP) is 4.90. The van der Waals surface area contributed by atoms with Crippen molar-refractivity contribution in [3.05, 3.63) is 64.8 Å². The quantitative estimate of drug-likeness (QED) is 0.550. The lowest BCUT2D eigenvalue weighted by Gasteiger charge is -2.36. The third-order valence-corrected chi connectivity index (χ3v) is 8.28. The molecule has 0 aliphatic carbocycles. The first-order chi connectivity index (χ1) is 15.2. The van der Waals surface area contributed by atoms with Gasteiger partial charge in [-0.3, -0.25) is 0 Å². The van der Waals surface area contributed by atoms with Gasteiger partial charge in [-0.05, 0) is 55.5 Å². The highest BCUT2D eigenvalue weighted by molar-refractivity contribution is 7.89. The molecule has 4 rings (SSSR count). The van der Waals surface area contributed by atoms with Crippen LogP contribution in [0.5, 0.6) is 0 Å². The lowest BCUT2D eigenvalue weighted by molar-refractivity contribution is 0.384. The van der Waals surface area contributed by atoms with Gasteiger partial charge in [0.1, 0.15) is 0 Å². The van der Waals surface area contributed by atoms with Crippen LogP contribution in [0.3, 0.4) is 0 Å². The van der Waals surface area contributed by atoms with E-state index >= 15 is 0 Å². The summed E-state index contributed by atoms with van der Waals surface area (Å²) < 4.78 is 34.5. The largest absolute Gasteiger partial charge is 0.369 e. The molecule has 2 heterocycles. The molecule has 32 heavy (non-hydrogen) atoms.